The van der Waals surface area contributed by atoms with Crippen molar-refractivity contribution in [1.29, 1.82) is 0 Å². The Morgan fingerprint density at radius 2 is 1.44 bits per heavy atom. The van der Waals surface area contributed by atoms with Gasteiger partial charge in [-0.15, -0.1) is 0 Å². The molecule has 2 unspecified atom stereocenters. The van der Waals surface area contributed by atoms with E-state index in [0.717, 1.165) is 76.1 Å². The predicted molar refractivity (Wildman–Crippen MR) is 179 cm³/mol. The van der Waals surface area contributed by atoms with Crippen molar-refractivity contribution in [2.75, 3.05) is 6.61 Å². The van der Waals surface area contributed by atoms with E-state index in [9.17, 15) is 18.0 Å². The Morgan fingerprint density at radius 3 is 2.18 bits per heavy atom. The van der Waals surface area contributed by atoms with E-state index in [4.69, 9.17) is 4.74 Å². The van der Waals surface area contributed by atoms with Crippen LogP contribution in [-0.2, 0) is 6.54 Å². The van der Waals surface area contributed by atoms with Gasteiger partial charge in [0.1, 0.15) is 5.75 Å². The number of unbranched alkanes of at least 4 members (excludes halogenated alkanes) is 1. The molecule has 232 valence electrons. The van der Waals surface area contributed by atoms with Crippen molar-refractivity contribution in [3.8, 4) is 5.75 Å². The van der Waals surface area contributed by atoms with E-state index in [2.05, 4.69) is 54.8 Å². The van der Waals surface area contributed by atoms with Gasteiger partial charge in [-0.1, -0.05) is 106 Å². The summed E-state index contributed by atoms with van der Waals surface area (Å²) in [6, 6.07) is 28.9. The molecule has 0 bridgehead atoms. The van der Waals surface area contributed by atoms with Gasteiger partial charge in [-0.2, -0.15) is 8.78 Å². The molecule has 0 radical (unpaired) electrons. The van der Waals surface area contributed by atoms with Crippen LogP contribution in [0.4, 0.5) is 13.2 Å². The van der Waals surface area contributed by atoms with Gasteiger partial charge < -0.3 is 9.30 Å². The number of carbonyl (C=O) groups excluding carboxylic acids is 1. The Kier molecular flexibility index (Phi) is 8.59. The number of hydrogen-bond acceptors (Lipinski definition) is 2. The van der Waals surface area contributed by atoms with Crippen LogP contribution in [0.5, 0.6) is 5.75 Å². The van der Waals surface area contributed by atoms with Crippen molar-refractivity contribution < 1.29 is 22.7 Å². The zero-order valence-electron chi connectivity index (χ0n) is 26.0. The normalized spacial score (nSPS) is 13.6. The summed E-state index contributed by atoms with van der Waals surface area (Å²) in [6.07, 6.45) is 2.15. The largest absolute Gasteiger partial charge is 0.486 e. The lowest BCUT2D eigenvalue weighted by molar-refractivity contribution is -0.0941. The Balaban J connectivity index is 1.59. The zero-order chi connectivity index (χ0) is 31.7. The SMILES string of the molecule is CCCCC(CC)Cn1c2c3ccccc3ccc2c2cc(C(=O)c3ccccc3OCC(F)(F)C(C)F)c3ccccc3c21. The Morgan fingerprint density at radius 1 is 0.800 bits per heavy atom. The number of nitrogens with zero attached hydrogens (tertiary/aromatic N) is 1. The van der Waals surface area contributed by atoms with E-state index in [1.807, 2.05) is 30.3 Å². The van der Waals surface area contributed by atoms with Crippen LogP contribution in [0.2, 0.25) is 0 Å². The fraction of sp³-hybridized carbons (Fsp3) is 0.308. The molecule has 0 aliphatic rings. The minimum atomic E-state index is -3.68. The number of halogens is 3. The van der Waals surface area contributed by atoms with Crippen LogP contribution in [0.1, 0.15) is 62.4 Å². The summed E-state index contributed by atoms with van der Waals surface area (Å²) in [5.41, 5.74) is 2.86. The molecule has 3 nitrogen and oxygen atoms in total. The average Bonchev–Trinajstić information content (AvgIpc) is 3.38. The van der Waals surface area contributed by atoms with E-state index in [-0.39, 0.29) is 17.1 Å². The molecular weight excluding hydrogens is 571 g/mol. The zero-order valence-corrected chi connectivity index (χ0v) is 26.0. The lowest BCUT2D eigenvalue weighted by Crippen LogP contribution is -2.34. The Hall–Kier alpha value is -4.32. The molecule has 1 heterocycles. The third kappa shape index (κ3) is 5.67. The molecule has 6 aromatic rings. The van der Waals surface area contributed by atoms with Crippen LogP contribution in [-0.4, -0.2) is 29.1 Å². The molecule has 0 amide bonds. The number of rotatable bonds is 12. The van der Waals surface area contributed by atoms with Gasteiger partial charge in [0.2, 0.25) is 0 Å². The minimum Gasteiger partial charge on any atom is -0.486 e. The van der Waals surface area contributed by atoms with Gasteiger partial charge in [-0.3, -0.25) is 4.79 Å². The summed E-state index contributed by atoms with van der Waals surface area (Å²) in [7, 11) is 0. The maximum Gasteiger partial charge on any atom is 0.311 e. The van der Waals surface area contributed by atoms with Gasteiger partial charge in [-0.25, -0.2) is 4.39 Å². The van der Waals surface area contributed by atoms with Crippen molar-refractivity contribution in [2.45, 2.75) is 65.1 Å². The van der Waals surface area contributed by atoms with E-state index < -0.39 is 18.7 Å². The van der Waals surface area contributed by atoms with Crippen LogP contribution in [0.3, 0.4) is 0 Å². The molecule has 45 heavy (non-hydrogen) atoms. The molecule has 2 atom stereocenters. The third-order valence-electron chi connectivity index (χ3n) is 9.11. The maximum atomic E-state index is 14.3. The number of aromatic nitrogens is 1. The standard InChI is InChI=1S/C39H38F3NO2/c1-4-6-13-26(5-2)23-43-36-28-15-8-7-14-27(28)20-21-31(36)33-22-34(29-16-9-10-17-30(29)37(33)43)38(44)32-18-11-12-19-35(32)45-24-39(41,42)25(3)40/h7-12,14-22,25-26H,4-6,13,23-24H2,1-3H3. The summed E-state index contributed by atoms with van der Waals surface area (Å²) < 4.78 is 49.6. The van der Waals surface area contributed by atoms with Crippen molar-refractivity contribution in [1.82, 2.24) is 4.57 Å². The van der Waals surface area contributed by atoms with Gasteiger partial charge in [0, 0.05) is 33.7 Å². The second kappa shape index (κ2) is 12.6. The van der Waals surface area contributed by atoms with Crippen LogP contribution >= 0.6 is 0 Å². The molecule has 0 spiro atoms. The van der Waals surface area contributed by atoms with Crippen LogP contribution in [0.25, 0.3) is 43.4 Å². The molecule has 5 aromatic carbocycles. The monoisotopic (exact) mass is 609 g/mol. The summed E-state index contributed by atoms with van der Waals surface area (Å²) >= 11 is 0. The number of benzene rings is 5. The molecule has 0 saturated heterocycles. The van der Waals surface area contributed by atoms with Crippen LogP contribution < -0.4 is 4.74 Å². The Bertz CT molecular complexity index is 2010. The Labute approximate surface area is 261 Å². The summed E-state index contributed by atoms with van der Waals surface area (Å²) in [4.78, 5) is 14.3. The second-order valence-electron chi connectivity index (χ2n) is 12.1. The average molecular weight is 610 g/mol. The molecule has 0 fully saturated rings. The first-order valence-corrected chi connectivity index (χ1v) is 15.9. The lowest BCUT2D eigenvalue weighted by Gasteiger charge is -2.20. The highest BCUT2D eigenvalue weighted by atomic mass is 19.3. The van der Waals surface area contributed by atoms with E-state index >= 15 is 0 Å². The van der Waals surface area contributed by atoms with Gasteiger partial charge in [0.05, 0.1) is 16.6 Å². The smallest absolute Gasteiger partial charge is 0.311 e. The molecular formula is C39H38F3NO2. The predicted octanol–water partition coefficient (Wildman–Crippen LogP) is 10.9. The van der Waals surface area contributed by atoms with Gasteiger partial charge in [0.25, 0.3) is 0 Å². The maximum absolute atomic E-state index is 14.3. The number of carbonyl (C=O) groups is 1. The quantitative estimate of drug-likeness (QED) is 0.129. The molecule has 0 aliphatic heterocycles. The summed E-state index contributed by atoms with van der Waals surface area (Å²) in [5.74, 6) is -3.52. The van der Waals surface area contributed by atoms with Crippen molar-refractivity contribution in [2.24, 2.45) is 5.92 Å². The fourth-order valence-electron chi connectivity index (χ4n) is 6.49. The second-order valence-corrected chi connectivity index (χ2v) is 12.1. The van der Waals surface area contributed by atoms with Crippen LogP contribution in [0, 0.1) is 5.92 Å². The van der Waals surface area contributed by atoms with Gasteiger partial charge >= 0.3 is 5.92 Å². The molecule has 0 aliphatic carbocycles. The lowest BCUT2D eigenvalue weighted by atomic mass is 9.93. The molecule has 1 aromatic heterocycles. The topological polar surface area (TPSA) is 31.2 Å². The molecule has 6 heteroatoms. The van der Waals surface area contributed by atoms with Crippen molar-refractivity contribution >= 4 is 49.1 Å². The van der Waals surface area contributed by atoms with E-state index in [1.165, 1.54) is 12.5 Å². The number of alkyl halides is 3. The van der Waals surface area contributed by atoms with E-state index in [0.29, 0.717) is 11.5 Å². The first-order valence-electron chi connectivity index (χ1n) is 15.9. The minimum absolute atomic E-state index is 0.00198. The molecule has 0 N–H and O–H groups in total. The third-order valence-corrected chi connectivity index (χ3v) is 9.11. The van der Waals surface area contributed by atoms with Crippen molar-refractivity contribution in [3.63, 3.8) is 0 Å². The number of hydrogen-bond donors (Lipinski definition) is 0. The molecule has 6 rings (SSSR count). The number of ketones is 1. The van der Waals surface area contributed by atoms with Gasteiger partial charge in [-0.05, 0) is 48.2 Å². The fourth-order valence-corrected chi connectivity index (χ4v) is 6.49. The van der Waals surface area contributed by atoms with Gasteiger partial charge in [0.15, 0.2) is 18.6 Å². The molecule has 0 saturated carbocycles. The number of para-hydroxylation sites is 1. The van der Waals surface area contributed by atoms with Crippen molar-refractivity contribution in [3.05, 3.63) is 102 Å². The summed E-state index contributed by atoms with van der Waals surface area (Å²) in [5, 5.41) is 6.09. The highest BCUT2D eigenvalue weighted by Crippen LogP contribution is 2.41. The highest BCUT2D eigenvalue weighted by molar-refractivity contribution is 6.28. The number of fused-ring (bicyclic) bond motifs is 7. The number of ether oxygens (including phenoxy) is 1. The summed E-state index contributed by atoms with van der Waals surface area (Å²) in [6.45, 7) is 4.98. The highest BCUT2D eigenvalue weighted by Gasteiger charge is 2.38. The first kappa shape index (κ1) is 30.7. The van der Waals surface area contributed by atoms with E-state index in [1.54, 1.807) is 18.2 Å². The first-order chi connectivity index (χ1) is 21.7. The van der Waals surface area contributed by atoms with Crippen LogP contribution in [0.15, 0.2) is 91.0 Å².